The van der Waals surface area contributed by atoms with Crippen molar-refractivity contribution in [1.29, 1.82) is 0 Å². The van der Waals surface area contributed by atoms with E-state index in [2.05, 4.69) is 24.1 Å². The van der Waals surface area contributed by atoms with Gasteiger partial charge in [0.25, 0.3) is 0 Å². The van der Waals surface area contributed by atoms with Gasteiger partial charge in [0, 0.05) is 18.0 Å². The molecule has 1 amide bonds. The number of ether oxygens (including phenoxy) is 2. The van der Waals surface area contributed by atoms with Crippen molar-refractivity contribution in [3.63, 3.8) is 0 Å². The number of hydrogen-bond donors (Lipinski definition) is 1. The van der Waals surface area contributed by atoms with Crippen LogP contribution in [0.5, 0.6) is 0 Å². The van der Waals surface area contributed by atoms with Gasteiger partial charge in [-0.2, -0.15) is 0 Å². The minimum Gasteiger partial charge on any atom is -0.462 e. The average molecular weight is 368 g/mol. The number of esters is 1. The Bertz CT molecular complexity index is 604. The van der Waals surface area contributed by atoms with Crippen LogP contribution in [-0.2, 0) is 14.3 Å². The van der Waals surface area contributed by atoms with Crippen LogP contribution in [0.2, 0.25) is 0 Å². The minimum absolute atomic E-state index is 0.112. The molecule has 25 heavy (non-hydrogen) atoms. The van der Waals surface area contributed by atoms with E-state index >= 15 is 0 Å². The molecule has 6 nitrogen and oxygen atoms in total. The molecule has 0 saturated carbocycles. The molecule has 0 aromatic carbocycles. The van der Waals surface area contributed by atoms with Crippen molar-refractivity contribution in [3.05, 3.63) is 16.5 Å². The van der Waals surface area contributed by atoms with Crippen molar-refractivity contribution in [2.75, 3.05) is 31.6 Å². The summed E-state index contributed by atoms with van der Waals surface area (Å²) in [5.41, 5.74) is 0.438. The fraction of sp³-hybridized carbons (Fsp3) is 0.667. The highest BCUT2D eigenvalue weighted by atomic mass is 32.1. The van der Waals surface area contributed by atoms with Crippen LogP contribution in [0.4, 0.5) is 5.00 Å². The third kappa shape index (κ3) is 5.52. The first-order valence-corrected chi connectivity index (χ1v) is 9.60. The summed E-state index contributed by atoms with van der Waals surface area (Å²) in [6, 6.07) is 1.82. The predicted molar refractivity (Wildman–Crippen MR) is 99.4 cm³/mol. The van der Waals surface area contributed by atoms with Crippen LogP contribution in [-0.4, -0.2) is 55.2 Å². The van der Waals surface area contributed by atoms with Gasteiger partial charge in [-0.1, -0.05) is 13.8 Å². The Morgan fingerprint density at radius 2 is 2.00 bits per heavy atom. The van der Waals surface area contributed by atoms with Crippen LogP contribution in [0.25, 0.3) is 0 Å². The molecule has 2 rings (SSSR count). The highest BCUT2D eigenvalue weighted by Crippen LogP contribution is 2.33. The first kappa shape index (κ1) is 19.9. The molecule has 2 heterocycles. The maximum absolute atomic E-state index is 12.5. The van der Waals surface area contributed by atoms with Crippen molar-refractivity contribution >= 4 is 28.2 Å². The molecule has 1 aliphatic rings. The number of nitrogens with one attached hydrogen (secondary N) is 1. The van der Waals surface area contributed by atoms with Gasteiger partial charge in [0.1, 0.15) is 5.00 Å². The van der Waals surface area contributed by atoms with E-state index in [9.17, 15) is 9.59 Å². The summed E-state index contributed by atoms with van der Waals surface area (Å²) in [7, 11) is 0. The summed E-state index contributed by atoms with van der Waals surface area (Å²) in [6.45, 7) is 12.0. The lowest BCUT2D eigenvalue weighted by Gasteiger charge is -2.34. The van der Waals surface area contributed by atoms with E-state index in [1.54, 1.807) is 6.92 Å². The summed E-state index contributed by atoms with van der Waals surface area (Å²) in [6.07, 6.45) is 0.224. The number of amides is 1. The van der Waals surface area contributed by atoms with Gasteiger partial charge in [-0.05, 0) is 32.8 Å². The number of thiophene rings is 1. The Hall–Kier alpha value is -1.44. The monoisotopic (exact) mass is 368 g/mol. The lowest BCUT2D eigenvalue weighted by atomic mass is 10.1. The summed E-state index contributed by atoms with van der Waals surface area (Å²) >= 11 is 1.44. The Labute approximate surface area is 153 Å². The van der Waals surface area contributed by atoms with E-state index in [1.807, 2.05) is 19.9 Å². The minimum atomic E-state index is -0.394. The van der Waals surface area contributed by atoms with Gasteiger partial charge in [0.15, 0.2) is 0 Å². The molecule has 0 spiro atoms. The van der Waals surface area contributed by atoms with Gasteiger partial charge in [0.05, 0.1) is 30.9 Å². The largest absolute Gasteiger partial charge is 0.462 e. The summed E-state index contributed by atoms with van der Waals surface area (Å²) in [5, 5.41) is 3.47. The molecule has 140 valence electrons. The van der Waals surface area contributed by atoms with Crippen molar-refractivity contribution in [3.8, 4) is 0 Å². The summed E-state index contributed by atoms with van der Waals surface area (Å²) in [5.74, 6) is -0.233. The SMILES string of the molecule is CCOC(=O)c1cc(C(C)C)sc1NC(=O)CN1C[C@H](C)O[C@@H](C)C1. The number of rotatable bonds is 6. The molecule has 0 unspecified atom stereocenters. The summed E-state index contributed by atoms with van der Waals surface area (Å²) < 4.78 is 10.8. The zero-order chi connectivity index (χ0) is 18.6. The number of nitrogens with zero attached hydrogens (tertiary/aromatic N) is 1. The lowest BCUT2D eigenvalue weighted by Crippen LogP contribution is -2.48. The van der Waals surface area contributed by atoms with E-state index in [1.165, 1.54) is 11.3 Å². The summed E-state index contributed by atoms with van der Waals surface area (Å²) in [4.78, 5) is 27.8. The third-order valence-electron chi connectivity index (χ3n) is 3.93. The van der Waals surface area contributed by atoms with Crippen molar-refractivity contribution < 1.29 is 19.1 Å². The predicted octanol–water partition coefficient (Wildman–Crippen LogP) is 3.10. The number of carbonyl (C=O) groups excluding carboxylic acids is 2. The lowest BCUT2D eigenvalue weighted by molar-refractivity contribution is -0.121. The molecule has 2 atom stereocenters. The second kappa shape index (κ2) is 8.78. The van der Waals surface area contributed by atoms with Crippen LogP contribution in [0, 0.1) is 0 Å². The highest BCUT2D eigenvalue weighted by molar-refractivity contribution is 7.16. The highest BCUT2D eigenvalue weighted by Gasteiger charge is 2.25. The van der Waals surface area contributed by atoms with Crippen LogP contribution >= 0.6 is 11.3 Å². The van der Waals surface area contributed by atoms with Gasteiger partial charge in [0.2, 0.25) is 5.91 Å². The van der Waals surface area contributed by atoms with Crippen molar-refractivity contribution in [2.24, 2.45) is 0 Å². The van der Waals surface area contributed by atoms with E-state index in [0.29, 0.717) is 17.2 Å². The molecule has 1 aliphatic heterocycles. The normalized spacial score (nSPS) is 21.4. The van der Waals surface area contributed by atoms with Crippen LogP contribution in [0.3, 0.4) is 0 Å². The zero-order valence-corrected chi connectivity index (χ0v) is 16.4. The standard InChI is InChI=1S/C18H28N2O4S/c1-6-23-18(22)14-7-15(11(2)3)25-17(14)19-16(21)10-20-8-12(4)24-13(5)9-20/h7,11-13H,6,8-10H2,1-5H3,(H,19,21)/t12-,13-/m0/s1. The maximum Gasteiger partial charge on any atom is 0.341 e. The Morgan fingerprint density at radius 1 is 1.36 bits per heavy atom. The van der Waals surface area contributed by atoms with E-state index in [4.69, 9.17) is 9.47 Å². The van der Waals surface area contributed by atoms with Gasteiger partial charge in [-0.15, -0.1) is 11.3 Å². The smallest absolute Gasteiger partial charge is 0.341 e. The molecule has 1 aromatic rings. The quantitative estimate of drug-likeness (QED) is 0.782. The topological polar surface area (TPSA) is 67.9 Å². The number of anilines is 1. The van der Waals surface area contributed by atoms with Crippen molar-refractivity contribution in [2.45, 2.75) is 52.7 Å². The van der Waals surface area contributed by atoms with Crippen LogP contribution in [0.15, 0.2) is 6.07 Å². The zero-order valence-electron chi connectivity index (χ0n) is 15.6. The fourth-order valence-corrected chi connectivity index (χ4v) is 4.00. The van der Waals surface area contributed by atoms with Crippen LogP contribution in [0.1, 0.15) is 55.8 Å². The Morgan fingerprint density at radius 3 is 2.56 bits per heavy atom. The molecule has 0 aliphatic carbocycles. The maximum atomic E-state index is 12.5. The molecular formula is C18H28N2O4S. The van der Waals surface area contributed by atoms with Gasteiger partial charge >= 0.3 is 5.97 Å². The molecular weight excluding hydrogens is 340 g/mol. The van der Waals surface area contributed by atoms with E-state index in [0.717, 1.165) is 18.0 Å². The fourth-order valence-electron chi connectivity index (χ4n) is 2.93. The number of carbonyl (C=O) groups is 2. The molecule has 1 aromatic heterocycles. The Balaban J connectivity index is 2.07. The molecule has 0 radical (unpaired) electrons. The molecule has 1 fully saturated rings. The molecule has 7 heteroatoms. The van der Waals surface area contributed by atoms with E-state index < -0.39 is 5.97 Å². The first-order valence-electron chi connectivity index (χ1n) is 8.78. The van der Waals surface area contributed by atoms with Crippen LogP contribution < -0.4 is 5.32 Å². The second-order valence-corrected chi connectivity index (χ2v) is 7.85. The third-order valence-corrected chi connectivity index (χ3v) is 5.28. The average Bonchev–Trinajstić information content (AvgIpc) is 2.90. The molecule has 1 N–H and O–H groups in total. The van der Waals surface area contributed by atoms with Gasteiger partial charge < -0.3 is 14.8 Å². The molecule has 1 saturated heterocycles. The van der Waals surface area contributed by atoms with E-state index in [-0.39, 0.29) is 30.6 Å². The first-order chi connectivity index (χ1) is 11.8. The van der Waals surface area contributed by atoms with Crippen molar-refractivity contribution in [1.82, 2.24) is 4.90 Å². The second-order valence-electron chi connectivity index (χ2n) is 6.77. The number of morpholine rings is 1. The van der Waals surface area contributed by atoms with Gasteiger partial charge in [-0.3, -0.25) is 9.69 Å². The Kier molecular flexibility index (Phi) is 6.98. The number of hydrogen-bond acceptors (Lipinski definition) is 6. The van der Waals surface area contributed by atoms with Gasteiger partial charge in [-0.25, -0.2) is 4.79 Å². The molecule has 0 bridgehead atoms.